The lowest BCUT2D eigenvalue weighted by Gasteiger charge is -2.29. The molecular weight excluding hydrogens is 286 g/mol. The number of aromatic nitrogens is 2. The van der Waals surface area contributed by atoms with Gasteiger partial charge in [0.05, 0.1) is 6.54 Å². The molecule has 1 aliphatic rings. The summed E-state index contributed by atoms with van der Waals surface area (Å²) in [6.45, 7) is 2.54. The van der Waals surface area contributed by atoms with E-state index in [0.29, 0.717) is 6.54 Å². The van der Waals surface area contributed by atoms with Crippen LogP contribution in [0.15, 0.2) is 53.8 Å². The van der Waals surface area contributed by atoms with Crippen LogP contribution in [-0.2, 0) is 13.6 Å². The minimum Gasteiger partial charge on any atom is -0.349 e. The third-order valence-corrected chi connectivity index (χ3v) is 4.19. The molecule has 0 unspecified atom stereocenters. The monoisotopic (exact) mass is 309 g/mol. The second-order valence-electron chi connectivity index (χ2n) is 5.65. The smallest absolute Gasteiger partial charge is 0.194 e. The molecule has 23 heavy (non-hydrogen) atoms. The van der Waals surface area contributed by atoms with E-state index in [1.807, 2.05) is 31.1 Å². The molecule has 2 heterocycles. The highest BCUT2D eigenvalue weighted by Gasteiger charge is 2.16. The van der Waals surface area contributed by atoms with E-state index in [-0.39, 0.29) is 0 Å². The number of nitrogens with one attached hydrogen (secondary N) is 1. The van der Waals surface area contributed by atoms with Gasteiger partial charge in [-0.2, -0.15) is 0 Å². The van der Waals surface area contributed by atoms with E-state index in [1.54, 1.807) is 0 Å². The van der Waals surface area contributed by atoms with Gasteiger partial charge in [0.1, 0.15) is 5.82 Å². The first-order chi connectivity index (χ1) is 11.3. The summed E-state index contributed by atoms with van der Waals surface area (Å²) in [5.74, 6) is 1.93. The number of benzene rings is 1. The summed E-state index contributed by atoms with van der Waals surface area (Å²) >= 11 is 0. The van der Waals surface area contributed by atoms with Crippen LogP contribution in [0.4, 0.5) is 0 Å². The van der Waals surface area contributed by atoms with Crippen molar-refractivity contribution >= 4 is 11.5 Å². The zero-order chi connectivity index (χ0) is 16.1. The number of guanidine groups is 1. The normalized spacial score (nSPS) is 15.5. The number of nitrogens with zero attached hydrogens (tertiary/aromatic N) is 4. The van der Waals surface area contributed by atoms with Crippen molar-refractivity contribution in [3.8, 4) is 0 Å². The molecule has 1 aliphatic heterocycles. The Labute approximate surface area is 137 Å². The van der Waals surface area contributed by atoms with Gasteiger partial charge in [-0.15, -0.1) is 0 Å². The van der Waals surface area contributed by atoms with Crippen molar-refractivity contribution in [1.29, 1.82) is 0 Å². The number of aliphatic imine (C=N–C) groups is 1. The maximum atomic E-state index is 4.40. The minimum atomic E-state index is 0.682. The Kier molecular flexibility index (Phi) is 4.76. The maximum absolute atomic E-state index is 4.40. The molecule has 3 rings (SSSR count). The Morgan fingerprint density at radius 2 is 2.13 bits per heavy atom. The van der Waals surface area contributed by atoms with E-state index < -0.39 is 0 Å². The van der Waals surface area contributed by atoms with Gasteiger partial charge >= 0.3 is 0 Å². The van der Waals surface area contributed by atoms with Crippen LogP contribution in [0.2, 0.25) is 0 Å². The molecule has 0 saturated carbocycles. The fourth-order valence-electron chi connectivity index (χ4n) is 2.83. The lowest BCUT2D eigenvalue weighted by Crippen LogP contribution is -2.43. The fraction of sp³-hybridized carbons (Fsp3) is 0.333. The molecule has 0 fully saturated rings. The summed E-state index contributed by atoms with van der Waals surface area (Å²) in [6.07, 6.45) is 7.10. The highest BCUT2D eigenvalue weighted by molar-refractivity contribution is 5.81. The van der Waals surface area contributed by atoms with Crippen molar-refractivity contribution in [3.05, 3.63) is 60.2 Å². The molecule has 0 spiro atoms. The quantitative estimate of drug-likeness (QED) is 0.699. The third-order valence-electron chi connectivity index (χ3n) is 4.19. The summed E-state index contributed by atoms with van der Waals surface area (Å²) < 4.78 is 2.02. The summed E-state index contributed by atoms with van der Waals surface area (Å²) in [6, 6.07) is 10.6. The Morgan fingerprint density at radius 3 is 2.74 bits per heavy atom. The summed E-state index contributed by atoms with van der Waals surface area (Å²) in [4.78, 5) is 11.0. The predicted molar refractivity (Wildman–Crippen MR) is 94.0 cm³/mol. The Bertz CT molecular complexity index is 699. The van der Waals surface area contributed by atoms with E-state index in [1.165, 1.54) is 11.1 Å². The van der Waals surface area contributed by atoms with Gasteiger partial charge < -0.3 is 14.8 Å². The summed E-state index contributed by atoms with van der Waals surface area (Å²) in [5.41, 5.74) is 2.74. The first-order valence-corrected chi connectivity index (χ1v) is 7.94. The zero-order valence-corrected chi connectivity index (χ0v) is 13.7. The number of rotatable bonds is 3. The molecule has 120 valence electrons. The molecule has 0 bridgehead atoms. The highest BCUT2D eigenvalue weighted by atomic mass is 15.3. The van der Waals surface area contributed by atoms with Crippen molar-refractivity contribution < 1.29 is 0 Å². The highest BCUT2D eigenvalue weighted by Crippen LogP contribution is 2.21. The van der Waals surface area contributed by atoms with Crippen LogP contribution in [0.3, 0.4) is 0 Å². The first-order valence-electron chi connectivity index (χ1n) is 7.94. The summed E-state index contributed by atoms with van der Waals surface area (Å²) in [5, 5.41) is 3.40. The maximum Gasteiger partial charge on any atom is 0.194 e. The average Bonchev–Trinajstić information content (AvgIpc) is 3.02. The topological polar surface area (TPSA) is 45.5 Å². The van der Waals surface area contributed by atoms with Gasteiger partial charge in [-0.1, -0.05) is 36.4 Å². The second-order valence-corrected chi connectivity index (χ2v) is 5.65. The molecule has 0 aliphatic carbocycles. The Balaban J connectivity index is 1.61. The van der Waals surface area contributed by atoms with Crippen LogP contribution >= 0.6 is 0 Å². The molecule has 1 aromatic heterocycles. The molecule has 5 heteroatoms. The van der Waals surface area contributed by atoms with Gasteiger partial charge in [0.2, 0.25) is 0 Å². The molecule has 1 aromatic carbocycles. The van der Waals surface area contributed by atoms with E-state index >= 15 is 0 Å². The van der Waals surface area contributed by atoms with Crippen LogP contribution in [0, 0.1) is 0 Å². The number of imidazole rings is 1. The van der Waals surface area contributed by atoms with Crippen LogP contribution in [-0.4, -0.2) is 40.5 Å². The third kappa shape index (κ3) is 3.62. The number of hydrogen-bond donors (Lipinski definition) is 1. The molecule has 5 nitrogen and oxygen atoms in total. The first kappa shape index (κ1) is 15.3. The van der Waals surface area contributed by atoms with E-state index in [2.05, 4.69) is 56.6 Å². The van der Waals surface area contributed by atoms with Gasteiger partial charge in [0.25, 0.3) is 0 Å². The molecule has 0 atom stereocenters. The van der Waals surface area contributed by atoms with Crippen molar-refractivity contribution in [2.75, 3.05) is 20.1 Å². The van der Waals surface area contributed by atoms with E-state index in [9.17, 15) is 0 Å². The van der Waals surface area contributed by atoms with Crippen molar-refractivity contribution in [3.63, 3.8) is 0 Å². The van der Waals surface area contributed by atoms with Crippen molar-refractivity contribution in [1.82, 2.24) is 19.8 Å². The number of aryl methyl sites for hydroxylation is 1. The predicted octanol–water partition coefficient (Wildman–Crippen LogP) is 2.28. The molecular formula is C18H23N5. The lowest BCUT2D eigenvalue weighted by molar-refractivity contribution is 0.438. The summed E-state index contributed by atoms with van der Waals surface area (Å²) in [7, 11) is 3.83. The minimum absolute atomic E-state index is 0.682. The van der Waals surface area contributed by atoms with Crippen LogP contribution in [0.5, 0.6) is 0 Å². The molecule has 1 N–H and O–H groups in total. The van der Waals surface area contributed by atoms with Gasteiger partial charge in [-0.05, 0) is 17.6 Å². The van der Waals surface area contributed by atoms with Crippen LogP contribution in [0.1, 0.15) is 17.8 Å². The van der Waals surface area contributed by atoms with Crippen LogP contribution in [0.25, 0.3) is 5.57 Å². The zero-order valence-electron chi connectivity index (χ0n) is 13.7. The molecule has 0 radical (unpaired) electrons. The van der Waals surface area contributed by atoms with Crippen molar-refractivity contribution in [2.45, 2.75) is 13.0 Å². The lowest BCUT2D eigenvalue weighted by atomic mass is 10.00. The fourth-order valence-corrected chi connectivity index (χ4v) is 2.83. The SMILES string of the molecule is CN=C(NCc1nccn1C)N1CC=C(c2ccccc2)CC1. The Hall–Kier alpha value is -2.56. The largest absolute Gasteiger partial charge is 0.349 e. The van der Waals surface area contributed by atoms with Gasteiger partial charge in [-0.3, -0.25) is 4.99 Å². The Morgan fingerprint density at radius 1 is 1.30 bits per heavy atom. The van der Waals surface area contributed by atoms with E-state index in [0.717, 1.165) is 31.3 Å². The van der Waals surface area contributed by atoms with Gasteiger partial charge in [-0.25, -0.2) is 4.98 Å². The van der Waals surface area contributed by atoms with E-state index in [4.69, 9.17) is 0 Å². The van der Waals surface area contributed by atoms with Gasteiger partial charge in [0.15, 0.2) is 5.96 Å². The van der Waals surface area contributed by atoms with Gasteiger partial charge in [0, 0.05) is 39.6 Å². The molecule has 0 amide bonds. The van der Waals surface area contributed by atoms with Crippen molar-refractivity contribution in [2.24, 2.45) is 12.0 Å². The second kappa shape index (κ2) is 7.13. The van der Waals surface area contributed by atoms with Crippen LogP contribution < -0.4 is 5.32 Å². The molecule has 0 saturated heterocycles. The average molecular weight is 309 g/mol. The standard InChI is InChI=1S/C18H23N5/c1-19-18(21-14-17-20-10-13-22(17)2)23-11-8-16(9-12-23)15-6-4-3-5-7-15/h3-8,10,13H,9,11-12,14H2,1-2H3,(H,19,21). The number of hydrogen-bond acceptors (Lipinski definition) is 2. The molecule has 2 aromatic rings.